The van der Waals surface area contributed by atoms with Crippen molar-refractivity contribution in [3.8, 4) is 28.7 Å². The van der Waals surface area contributed by atoms with Crippen LogP contribution in [0.2, 0.25) is 0 Å². The van der Waals surface area contributed by atoms with Crippen LogP contribution in [-0.2, 0) is 6.42 Å². The molecule has 2 N–H and O–H groups in total. The normalized spacial score (nSPS) is 10.5. The highest BCUT2D eigenvalue weighted by molar-refractivity contribution is 5.73. The largest absolute Gasteiger partial charge is 0.511 e. The minimum atomic E-state index is -1.52. The predicted octanol–water partition coefficient (Wildman–Crippen LogP) is 4.77. The maximum atomic E-state index is 11.1. The average Bonchev–Trinajstić information content (AvgIpc) is 2.62. The lowest BCUT2D eigenvalue weighted by atomic mass is 10.0. The number of ether oxygens (including phenoxy) is 4. The number of rotatable bonds is 12. The lowest BCUT2D eigenvalue weighted by Crippen LogP contribution is -2.09. The molecule has 1 aromatic rings. The number of carboxylic acid groups (broad SMARTS) is 1. The van der Waals surface area contributed by atoms with Gasteiger partial charge in [-0.1, -0.05) is 45.4 Å². The maximum absolute atomic E-state index is 11.1. The summed E-state index contributed by atoms with van der Waals surface area (Å²) in [4.78, 5) is 11.1. The second kappa shape index (κ2) is 11.3. The molecule has 7 nitrogen and oxygen atoms in total. The van der Waals surface area contributed by atoms with E-state index in [0.717, 1.165) is 19.3 Å². The van der Waals surface area contributed by atoms with E-state index in [2.05, 4.69) is 6.92 Å². The third kappa shape index (κ3) is 5.61. The van der Waals surface area contributed by atoms with Crippen LogP contribution in [0.5, 0.6) is 28.7 Å². The van der Waals surface area contributed by atoms with Gasteiger partial charge in [-0.05, 0) is 12.8 Å². The molecule has 7 heteroatoms. The zero-order valence-electron chi connectivity index (χ0n) is 16.1. The Morgan fingerprint density at radius 1 is 0.808 bits per heavy atom. The Morgan fingerprint density at radius 2 is 1.35 bits per heavy atom. The summed E-state index contributed by atoms with van der Waals surface area (Å²) in [6, 6.07) is 0. The van der Waals surface area contributed by atoms with Gasteiger partial charge in [-0.2, -0.15) is 0 Å². The van der Waals surface area contributed by atoms with Crippen LogP contribution in [0.1, 0.15) is 57.4 Å². The topological polar surface area (TPSA) is 94.5 Å². The van der Waals surface area contributed by atoms with Crippen molar-refractivity contribution in [2.75, 3.05) is 21.3 Å². The molecule has 148 valence electrons. The summed E-state index contributed by atoms with van der Waals surface area (Å²) in [5, 5.41) is 19.4. The van der Waals surface area contributed by atoms with E-state index in [9.17, 15) is 9.90 Å². The Morgan fingerprint density at radius 3 is 1.85 bits per heavy atom. The first-order valence-electron chi connectivity index (χ1n) is 8.96. The van der Waals surface area contributed by atoms with Crippen molar-refractivity contribution >= 4 is 6.16 Å². The van der Waals surface area contributed by atoms with E-state index in [0.29, 0.717) is 17.7 Å². The van der Waals surface area contributed by atoms with Crippen LogP contribution in [0.4, 0.5) is 4.79 Å². The lowest BCUT2D eigenvalue weighted by molar-refractivity contribution is 0.141. The molecule has 26 heavy (non-hydrogen) atoms. The molecular weight excluding hydrogens is 340 g/mol. The molecule has 0 aliphatic heterocycles. The van der Waals surface area contributed by atoms with Crippen molar-refractivity contribution in [2.24, 2.45) is 0 Å². The quantitative estimate of drug-likeness (QED) is 0.311. The minimum Gasteiger partial charge on any atom is -0.502 e. The molecule has 0 saturated carbocycles. The minimum absolute atomic E-state index is 0.0242. The molecule has 0 atom stereocenters. The molecule has 1 rings (SSSR count). The highest BCUT2D eigenvalue weighted by Gasteiger charge is 2.28. The van der Waals surface area contributed by atoms with Crippen LogP contribution in [0, 0.1) is 0 Å². The van der Waals surface area contributed by atoms with Crippen LogP contribution in [0.15, 0.2) is 0 Å². The zero-order valence-corrected chi connectivity index (χ0v) is 16.1. The van der Waals surface area contributed by atoms with Gasteiger partial charge in [0.15, 0.2) is 11.5 Å². The number of phenols is 1. The Bertz CT molecular complexity index is 584. The molecule has 0 aliphatic rings. The number of phenolic OH excluding ortho intramolecular Hbond substituents is 1. The van der Waals surface area contributed by atoms with Crippen molar-refractivity contribution in [1.82, 2.24) is 0 Å². The Hall–Kier alpha value is -2.31. The molecule has 0 fully saturated rings. The number of hydrogen-bond donors (Lipinski definition) is 2. The molecule has 0 saturated heterocycles. The number of carbonyl (C=O) groups is 1. The molecule has 0 spiro atoms. The van der Waals surface area contributed by atoms with Crippen LogP contribution in [0.3, 0.4) is 0 Å². The molecule has 0 unspecified atom stereocenters. The van der Waals surface area contributed by atoms with Gasteiger partial charge in [0.2, 0.25) is 17.2 Å². The molecule has 0 aromatic heterocycles. The first kappa shape index (κ1) is 21.7. The third-order valence-corrected chi connectivity index (χ3v) is 4.22. The molecular formula is C19H30O7. The molecule has 0 aliphatic carbocycles. The van der Waals surface area contributed by atoms with E-state index in [1.165, 1.54) is 47.0 Å². The highest BCUT2D eigenvalue weighted by Crippen LogP contribution is 2.53. The molecule has 1 aromatic carbocycles. The number of methoxy groups -OCH3 is 3. The van der Waals surface area contributed by atoms with E-state index >= 15 is 0 Å². The summed E-state index contributed by atoms with van der Waals surface area (Å²) in [5.74, 6) is -0.0834. The van der Waals surface area contributed by atoms with Crippen LogP contribution in [0.25, 0.3) is 0 Å². The second-order valence-corrected chi connectivity index (χ2v) is 6.00. The van der Waals surface area contributed by atoms with Crippen LogP contribution in [-0.4, -0.2) is 37.7 Å². The van der Waals surface area contributed by atoms with E-state index in [1.54, 1.807) is 0 Å². The number of benzene rings is 1. The van der Waals surface area contributed by atoms with Crippen molar-refractivity contribution in [1.29, 1.82) is 0 Å². The van der Waals surface area contributed by atoms with Gasteiger partial charge in [0.1, 0.15) is 0 Å². The zero-order chi connectivity index (χ0) is 19.5. The molecule has 0 heterocycles. The lowest BCUT2D eigenvalue weighted by Gasteiger charge is -2.20. The van der Waals surface area contributed by atoms with Crippen molar-refractivity contribution in [3.05, 3.63) is 5.56 Å². The Balaban J connectivity index is 3.05. The summed E-state index contributed by atoms with van der Waals surface area (Å²) >= 11 is 0. The van der Waals surface area contributed by atoms with Crippen molar-refractivity contribution in [3.63, 3.8) is 0 Å². The van der Waals surface area contributed by atoms with Gasteiger partial charge in [-0.25, -0.2) is 4.79 Å². The van der Waals surface area contributed by atoms with Gasteiger partial charge in [0.25, 0.3) is 0 Å². The number of unbranched alkanes of at least 4 members (excludes halogenated alkanes) is 6. The van der Waals surface area contributed by atoms with Crippen molar-refractivity contribution in [2.45, 2.75) is 58.3 Å². The summed E-state index contributed by atoms with van der Waals surface area (Å²) in [7, 11) is 4.22. The first-order chi connectivity index (χ1) is 12.5. The number of hydrogen-bond acceptors (Lipinski definition) is 6. The predicted molar refractivity (Wildman–Crippen MR) is 98.1 cm³/mol. The Labute approximate surface area is 154 Å². The van der Waals surface area contributed by atoms with Gasteiger partial charge in [0, 0.05) is 5.56 Å². The van der Waals surface area contributed by atoms with E-state index in [4.69, 9.17) is 24.1 Å². The molecule has 0 radical (unpaired) electrons. The van der Waals surface area contributed by atoms with E-state index < -0.39 is 11.9 Å². The first-order valence-corrected chi connectivity index (χ1v) is 8.96. The van der Waals surface area contributed by atoms with Crippen molar-refractivity contribution < 1.29 is 34.0 Å². The van der Waals surface area contributed by atoms with E-state index in [-0.39, 0.29) is 17.2 Å². The monoisotopic (exact) mass is 370 g/mol. The van der Waals surface area contributed by atoms with Gasteiger partial charge in [0.05, 0.1) is 21.3 Å². The summed E-state index contributed by atoms with van der Waals surface area (Å²) in [6.45, 7) is 2.18. The maximum Gasteiger partial charge on any atom is 0.511 e. The SMILES string of the molecule is CCCCCCCCCc1c(OC(=O)O)c(O)c(OC)c(OC)c1OC. The fraction of sp³-hybridized carbons (Fsp3) is 0.632. The van der Waals surface area contributed by atoms with Crippen LogP contribution >= 0.6 is 0 Å². The fourth-order valence-electron chi connectivity index (χ4n) is 2.97. The summed E-state index contributed by atoms with van der Waals surface area (Å²) < 4.78 is 20.7. The Kier molecular flexibility index (Phi) is 9.47. The summed E-state index contributed by atoms with van der Waals surface area (Å²) in [5.41, 5.74) is 0.457. The van der Waals surface area contributed by atoms with Gasteiger partial charge in [-0.3, -0.25) is 0 Å². The van der Waals surface area contributed by atoms with Gasteiger partial charge in [-0.15, -0.1) is 0 Å². The fourth-order valence-corrected chi connectivity index (χ4v) is 2.97. The van der Waals surface area contributed by atoms with Gasteiger partial charge < -0.3 is 29.2 Å². The summed E-state index contributed by atoms with van der Waals surface area (Å²) in [6.07, 6.45) is 6.75. The van der Waals surface area contributed by atoms with E-state index in [1.807, 2.05) is 0 Å². The number of aromatic hydroxyl groups is 1. The van der Waals surface area contributed by atoms with Gasteiger partial charge >= 0.3 is 6.16 Å². The highest BCUT2D eigenvalue weighted by atomic mass is 16.7. The second-order valence-electron chi connectivity index (χ2n) is 6.00. The standard InChI is InChI=1S/C19H30O7/c1-5-6-7-8-9-10-11-12-13-15(26-19(21)22)14(20)17(24-3)18(25-4)16(13)23-2/h20H,5-12H2,1-4H3,(H,21,22). The van der Waals surface area contributed by atoms with Crippen LogP contribution < -0.4 is 18.9 Å². The molecule has 0 bridgehead atoms. The third-order valence-electron chi connectivity index (χ3n) is 4.22. The average molecular weight is 370 g/mol. The smallest absolute Gasteiger partial charge is 0.502 e. The molecule has 0 amide bonds.